The molecule has 2 rings (SSSR count). The number of rotatable bonds is 2. The molecule has 0 aromatic carbocycles. The van der Waals surface area contributed by atoms with Gasteiger partial charge in [-0.25, -0.2) is 0 Å². The molecule has 0 radical (unpaired) electrons. The topological polar surface area (TPSA) is 42.0 Å². The molecular weight excluding hydrogens is 332 g/mol. The summed E-state index contributed by atoms with van der Waals surface area (Å²) in [4.78, 5) is 11.6. The van der Waals surface area contributed by atoms with Crippen LogP contribution in [0.25, 0.3) is 0 Å². The second-order valence-corrected chi connectivity index (χ2v) is 5.74. The van der Waals surface area contributed by atoms with Crippen molar-refractivity contribution in [1.82, 2.24) is 4.37 Å². The van der Waals surface area contributed by atoms with Crippen molar-refractivity contribution in [3.05, 3.63) is 9.08 Å². The lowest BCUT2D eigenvalue weighted by molar-refractivity contribution is -0.117. The molecule has 1 fully saturated rings. The highest BCUT2D eigenvalue weighted by Crippen LogP contribution is 2.40. The van der Waals surface area contributed by atoms with Crippen LogP contribution in [0.15, 0.2) is 9.08 Å². The smallest absolute Gasteiger partial charge is 0.228 e. The summed E-state index contributed by atoms with van der Waals surface area (Å²) in [7, 11) is 0. The fourth-order valence-corrected chi connectivity index (χ4v) is 2.88. The van der Waals surface area contributed by atoms with E-state index in [1.807, 2.05) is 0 Å². The lowest BCUT2D eigenvalue weighted by atomic mass is 10.3. The summed E-state index contributed by atoms with van der Waals surface area (Å²) in [5.41, 5.74) is 0. The monoisotopic (exact) mass is 338 g/mol. The van der Waals surface area contributed by atoms with Crippen molar-refractivity contribution in [3.8, 4) is 0 Å². The zero-order chi connectivity index (χ0) is 10.3. The number of carbonyl (C=O) groups excluding carboxylic acids is 1. The van der Waals surface area contributed by atoms with Gasteiger partial charge in [0, 0.05) is 5.92 Å². The molecule has 6 heteroatoms. The van der Waals surface area contributed by atoms with E-state index in [-0.39, 0.29) is 11.8 Å². The van der Waals surface area contributed by atoms with Crippen LogP contribution in [0.4, 0.5) is 5.00 Å². The second-order valence-electron chi connectivity index (χ2n) is 3.43. The summed E-state index contributed by atoms with van der Waals surface area (Å²) in [5.74, 6) is 0.835. The van der Waals surface area contributed by atoms with Gasteiger partial charge in [-0.2, -0.15) is 4.37 Å². The number of aromatic nitrogens is 1. The van der Waals surface area contributed by atoms with Crippen LogP contribution in [0.3, 0.4) is 0 Å². The molecule has 2 unspecified atom stereocenters. The Kier molecular flexibility index (Phi) is 2.95. The van der Waals surface area contributed by atoms with Crippen molar-refractivity contribution < 1.29 is 4.79 Å². The third-order valence-electron chi connectivity index (χ3n) is 2.28. The first-order valence-corrected chi connectivity index (χ1v) is 6.57. The normalized spacial score (nSPS) is 24.8. The van der Waals surface area contributed by atoms with Crippen molar-refractivity contribution in [1.29, 1.82) is 0 Å². The zero-order valence-electron chi connectivity index (χ0n) is 7.38. The Morgan fingerprint density at radius 2 is 2.29 bits per heavy atom. The van der Waals surface area contributed by atoms with Gasteiger partial charge in [0.05, 0.1) is 4.47 Å². The van der Waals surface area contributed by atoms with Gasteiger partial charge in [0.15, 0.2) is 0 Å². The van der Waals surface area contributed by atoms with E-state index in [2.05, 4.69) is 48.5 Å². The number of halogens is 2. The molecule has 14 heavy (non-hydrogen) atoms. The minimum Gasteiger partial charge on any atom is -0.315 e. The summed E-state index contributed by atoms with van der Waals surface area (Å²) in [6, 6.07) is 0. The van der Waals surface area contributed by atoms with Crippen LogP contribution in [-0.4, -0.2) is 10.3 Å². The molecule has 1 amide bonds. The number of hydrogen-bond donors (Lipinski definition) is 1. The summed E-state index contributed by atoms with van der Waals surface area (Å²) >= 11 is 7.90. The SMILES string of the molecule is CC1CC1C(=O)Nc1snc(Br)c1Br. The number of nitrogens with zero attached hydrogens (tertiary/aromatic N) is 1. The van der Waals surface area contributed by atoms with Gasteiger partial charge in [-0.05, 0) is 55.7 Å². The van der Waals surface area contributed by atoms with E-state index in [9.17, 15) is 4.79 Å². The van der Waals surface area contributed by atoms with E-state index >= 15 is 0 Å². The van der Waals surface area contributed by atoms with Gasteiger partial charge >= 0.3 is 0 Å². The predicted molar refractivity (Wildman–Crippen MR) is 63.4 cm³/mol. The Labute approximate surface area is 103 Å². The van der Waals surface area contributed by atoms with Crippen LogP contribution in [-0.2, 0) is 4.79 Å². The summed E-state index contributed by atoms with van der Waals surface area (Å²) in [6.45, 7) is 2.09. The van der Waals surface area contributed by atoms with Crippen LogP contribution in [0.1, 0.15) is 13.3 Å². The van der Waals surface area contributed by atoms with Gasteiger partial charge in [0.25, 0.3) is 0 Å². The highest BCUT2D eigenvalue weighted by Gasteiger charge is 2.39. The predicted octanol–water partition coefficient (Wildman–Crippen LogP) is 3.26. The molecule has 2 atom stereocenters. The molecule has 1 aromatic heterocycles. The fraction of sp³-hybridized carbons (Fsp3) is 0.500. The molecule has 1 aromatic rings. The summed E-state index contributed by atoms with van der Waals surface area (Å²) in [5, 5.41) is 3.64. The van der Waals surface area contributed by atoms with Crippen LogP contribution < -0.4 is 5.32 Å². The molecular formula is C8H8Br2N2OS. The van der Waals surface area contributed by atoms with Gasteiger partial charge in [-0.15, -0.1) is 0 Å². The standard InChI is InChI=1S/C8H8Br2N2OS/c1-3-2-4(3)7(13)11-8-5(9)6(10)12-14-8/h3-4H,2H2,1H3,(H,11,13). The molecule has 76 valence electrons. The number of anilines is 1. The van der Waals surface area contributed by atoms with Crippen LogP contribution in [0, 0.1) is 11.8 Å². The molecule has 0 aliphatic heterocycles. The highest BCUT2D eigenvalue weighted by molar-refractivity contribution is 9.13. The van der Waals surface area contributed by atoms with Crippen molar-refractivity contribution in [2.45, 2.75) is 13.3 Å². The van der Waals surface area contributed by atoms with Crippen molar-refractivity contribution in [2.75, 3.05) is 5.32 Å². The van der Waals surface area contributed by atoms with Crippen molar-refractivity contribution in [2.24, 2.45) is 11.8 Å². The Morgan fingerprint density at radius 3 is 2.71 bits per heavy atom. The van der Waals surface area contributed by atoms with E-state index in [1.54, 1.807) is 0 Å². The van der Waals surface area contributed by atoms with E-state index < -0.39 is 0 Å². The number of hydrogen-bond acceptors (Lipinski definition) is 3. The molecule has 0 saturated heterocycles. The molecule has 1 aliphatic carbocycles. The number of nitrogens with one attached hydrogen (secondary N) is 1. The Balaban J connectivity index is 2.04. The first-order chi connectivity index (χ1) is 6.59. The lowest BCUT2D eigenvalue weighted by Crippen LogP contribution is -2.13. The maximum Gasteiger partial charge on any atom is 0.228 e. The van der Waals surface area contributed by atoms with Crippen molar-refractivity contribution >= 4 is 54.3 Å². The zero-order valence-corrected chi connectivity index (χ0v) is 11.4. The minimum absolute atomic E-state index is 0.106. The molecule has 3 nitrogen and oxygen atoms in total. The Morgan fingerprint density at radius 1 is 1.64 bits per heavy atom. The van der Waals surface area contributed by atoms with Gasteiger partial charge in [-0.1, -0.05) is 6.92 Å². The average Bonchev–Trinajstić information content (AvgIpc) is 2.80. The molecule has 0 spiro atoms. The van der Waals surface area contributed by atoms with Crippen LogP contribution in [0.5, 0.6) is 0 Å². The van der Waals surface area contributed by atoms with Crippen LogP contribution in [0.2, 0.25) is 0 Å². The number of carbonyl (C=O) groups is 1. The quantitative estimate of drug-likeness (QED) is 0.898. The van der Waals surface area contributed by atoms with Gasteiger partial charge in [-0.3, -0.25) is 4.79 Å². The third kappa shape index (κ3) is 2.01. The second kappa shape index (κ2) is 3.90. The molecule has 0 bridgehead atoms. The van der Waals surface area contributed by atoms with Crippen LogP contribution >= 0.6 is 43.4 Å². The van der Waals surface area contributed by atoms with Gasteiger partial charge in [0.2, 0.25) is 5.91 Å². The van der Waals surface area contributed by atoms with E-state index in [0.29, 0.717) is 5.92 Å². The molecule has 1 aliphatic rings. The average molecular weight is 340 g/mol. The first-order valence-electron chi connectivity index (χ1n) is 4.21. The summed E-state index contributed by atoms with van der Waals surface area (Å²) in [6.07, 6.45) is 1.00. The minimum atomic E-state index is 0.106. The Hall–Kier alpha value is 0.0600. The first kappa shape index (κ1) is 10.6. The maximum absolute atomic E-state index is 11.6. The van der Waals surface area contributed by atoms with E-state index in [4.69, 9.17) is 0 Å². The lowest BCUT2D eigenvalue weighted by Gasteiger charge is -2.00. The fourth-order valence-electron chi connectivity index (χ4n) is 1.23. The largest absolute Gasteiger partial charge is 0.315 e. The highest BCUT2D eigenvalue weighted by atomic mass is 79.9. The van der Waals surface area contributed by atoms with E-state index in [0.717, 1.165) is 20.5 Å². The number of amides is 1. The van der Waals surface area contributed by atoms with Gasteiger partial charge in [0.1, 0.15) is 9.60 Å². The molecule has 1 saturated carbocycles. The Bertz CT molecular complexity index is 379. The van der Waals surface area contributed by atoms with Crippen molar-refractivity contribution in [3.63, 3.8) is 0 Å². The summed E-state index contributed by atoms with van der Waals surface area (Å²) < 4.78 is 5.63. The molecule has 1 heterocycles. The van der Waals surface area contributed by atoms with Gasteiger partial charge < -0.3 is 5.32 Å². The third-order valence-corrected chi connectivity index (χ3v) is 5.42. The maximum atomic E-state index is 11.6. The molecule has 1 N–H and O–H groups in total. The van der Waals surface area contributed by atoms with E-state index in [1.165, 1.54) is 11.5 Å².